The van der Waals surface area contributed by atoms with Gasteiger partial charge >= 0.3 is 6.18 Å². The number of carbonyl (C=O) groups excluding carboxylic acids is 1. The number of hydrogen-bond acceptors (Lipinski definition) is 1. The lowest BCUT2D eigenvalue weighted by molar-refractivity contribution is -0.137. The molecule has 0 fully saturated rings. The van der Waals surface area contributed by atoms with Gasteiger partial charge in [0.25, 0.3) is 5.91 Å². The molecular weight excluding hydrogens is 310 g/mol. The van der Waals surface area contributed by atoms with E-state index < -0.39 is 34.1 Å². The van der Waals surface area contributed by atoms with E-state index in [9.17, 15) is 22.4 Å². The van der Waals surface area contributed by atoms with Gasteiger partial charge in [0.15, 0.2) is 0 Å². The number of halogens is 5. The molecule has 0 unspecified atom stereocenters. The molecule has 21 heavy (non-hydrogen) atoms. The molecule has 2 aromatic rings. The number of hydrogen-bond donors (Lipinski definition) is 1. The maximum absolute atomic E-state index is 13.7. The fourth-order valence-corrected chi connectivity index (χ4v) is 2.15. The molecule has 7 heteroatoms. The molecule has 0 bridgehead atoms. The van der Waals surface area contributed by atoms with Crippen LogP contribution in [0.5, 0.6) is 0 Å². The van der Waals surface area contributed by atoms with E-state index in [0.29, 0.717) is 0 Å². The monoisotopic (exact) mass is 317 g/mol. The van der Waals surface area contributed by atoms with E-state index in [2.05, 4.69) is 0 Å². The first-order valence-corrected chi connectivity index (χ1v) is 6.05. The summed E-state index contributed by atoms with van der Waals surface area (Å²) in [7, 11) is 0. The Labute approximate surface area is 122 Å². The van der Waals surface area contributed by atoms with Crippen LogP contribution in [0.4, 0.5) is 17.6 Å². The second kappa shape index (κ2) is 5.37. The summed E-state index contributed by atoms with van der Waals surface area (Å²) in [5, 5.41) is -0.483. The first-order chi connectivity index (χ1) is 9.71. The molecule has 0 aliphatic heterocycles. The van der Waals surface area contributed by atoms with Crippen molar-refractivity contribution < 1.29 is 22.4 Å². The van der Waals surface area contributed by atoms with Crippen molar-refractivity contribution in [3.8, 4) is 11.1 Å². The van der Waals surface area contributed by atoms with Crippen LogP contribution in [0.25, 0.3) is 11.1 Å². The van der Waals surface area contributed by atoms with Crippen LogP contribution in [0.15, 0.2) is 36.4 Å². The average Bonchev–Trinajstić information content (AvgIpc) is 2.37. The van der Waals surface area contributed by atoms with Gasteiger partial charge in [-0.3, -0.25) is 4.79 Å². The second-order valence-electron chi connectivity index (χ2n) is 4.22. The molecule has 0 aromatic heterocycles. The molecule has 0 aliphatic carbocycles. The summed E-state index contributed by atoms with van der Waals surface area (Å²) in [5.74, 6) is -1.96. The zero-order chi connectivity index (χ0) is 15.8. The van der Waals surface area contributed by atoms with Crippen LogP contribution in [0.1, 0.15) is 15.9 Å². The van der Waals surface area contributed by atoms with Gasteiger partial charge < -0.3 is 5.73 Å². The topological polar surface area (TPSA) is 43.1 Å². The van der Waals surface area contributed by atoms with Crippen molar-refractivity contribution in [2.45, 2.75) is 6.18 Å². The predicted molar refractivity (Wildman–Crippen MR) is 70.4 cm³/mol. The van der Waals surface area contributed by atoms with Crippen molar-refractivity contribution >= 4 is 17.5 Å². The summed E-state index contributed by atoms with van der Waals surface area (Å²) in [4.78, 5) is 11.3. The number of nitrogens with two attached hydrogens (primary N) is 1. The van der Waals surface area contributed by atoms with Crippen molar-refractivity contribution in [3.05, 3.63) is 58.4 Å². The zero-order valence-corrected chi connectivity index (χ0v) is 11.1. The Morgan fingerprint density at radius 3 is 2.38 bits per heavy atom. The van der Waals surface area contributed by atoms with Crippen LogP contribution < -0.4 is 5.73 Å². The highest BCUT2D eigenvalue weighted by Crippen LogP contribution is 2.38. The fourth-order valence-electron chi connectivity index (χ4n) is 1.93. The Morgan fingerprint density at radius 1 is 1.14 bits per heavy atom. The molecule has 2 nitrogen and oxygen atoms in total. The smallest absolute Gasteiger partial charge is 0.365 e. The third-order valence-corrected chi connectivity index (χ3v) is 3.17. The minimum Gasteiger partial charge on any atom is -0.365 e. The fraction of sp³-hybridized carbons (Fsp3) is 0.0714. The van der Waals surface area contributed by atoms with Crippen LogP contribution in [0, 0.1) is 5.82 Å². The number of rotatable bonds is 2. The first kappa shape index (κ1) is 15.3. The Morgan fingerprint density at radius 2 is 1.81 bits per heavy atom. The summed E-state index contributed by atoms with van der Waals surface area (Å²) in [5.41, 5.74) is 3.52. The van der Waals surface area contributed by atoms with E-state index in [1.165, 1.54) is 18.2 Å². The van der Waals surface area contributed by atoms with Crippen LogP contribution in [-0.4, -0.2) is 5.91 Å². The summed E-state index contributed by atoms with van der Waals surface area (Å²) in [6.45, 7) is 0. The average molecular weight is 318 g/mol. The summed E-state index contributed by atoms with van der Waals surface area (Å²) in [6.07, 6.45) is -4.66. The third kappa shape index (κ3) is 3.00. The highest BCUT2D eigenvalue weighted by Gasteiger charge is 2.33. The van der Waals surface area contributed by atoms with Crippen molar-refractivity contribution in [1.82, 2.24) is 0 Å². The minimum absolute atomic E-state index is 0.0000231. The molecule has 0 radical (unpaired) electrons. The van der Waals surface area contributed by atoms with Gasteiger partial charge in [0, 0.05) is 0 Å². The normalized spacial score (nSPS) is 11.5. The molecule has 0 aliphatic rings. The molecule has 2 N–H and O–H groups in total. The predicted octanol–water partition coefficient (Wildman–Crippen LogP) is 4.26. The molecule has 1 amide bonds. The van der Waals surface area contributed by atoms with Crippen LogP contribution in [0.3, 0.4) is 0 Å². The summed E-state index contributed by atoms with van der Waals surface area (Å²) in [6, 6.07) is 6.65. The summed E-state index contributed by atoms with van der Waals surface area (Å²) >= 11 is 5.52. The second-order valence-corrected chi connectivity index (χ2v) is 4.63. The van der Waals surface area contributed by atoms with Crippen LogP contribution in [0.2, 0.25) is 5.02 Å². The Kier molecular flexibility index (Phi) is 3.91. The minimum atomic E-state index is -4.66. The third-order valence-electron chi connectivity index (χ3n) is 2.84. The number of benzene rings is 2. The Hall–Kier alpha value is -2.08. The number of amides is 1. The van der Waals surface area contributed by atoms with Crippen LogP contribution in [-0.2, 0) is 6.18 Å². The molecule has 0 saturated heterocycles. The highest BCUT2D eigenvalue weighted by atomic mass is 35.5. The number of primary amides is 1. The lowest BCUT2D eigenvalue weighted by Crippen LogP contribution is -2.15. The van der Waals surface area contributed by atoms with E-state index in [0.717, 1.165) is 18.2 Å². The van der Waals surface area contributed by atoms with Gasteiger partial charge in [-0.1, -0.05) is 29.8 Å². The lowest BCUT2D eigenvalue weighted by atomic mass is 9.97. The molecule has 2 aromatic carbocycles. The maximum Gasteiger partial charge on any atom is 0.417 e. The molecule has 0 spiro atoms. The van der Waals surface area contributed by atoms with Crippen LogP contribution >= 0.6 is 11.6 Å². The molecule has 2 rings (SSSR count). The number of carbonyl (C=O) groups is 1. The quantitative estimate of drug-likeness (QED) is 0.826. The van der Waals surface area contributed by atoms with Gasteiger partial charge in [0.2, 0.25) is 0 Å². The van der Waals surface area contributed by atoms with Crippen molar-refractivity contribution in [2.75, 3.05) is 0 Å². The van der Waals surface area contributed by atoms with E-state index in [1.807, 2.05) is 0 Å². The molecule has 0 atom stereocenters. The highest BCUT2D eigenvalue weighted by molar-refractivity contribution is 6.31. The zero-order valence-electron chi connectivity index (χ0n) is 10.3. The largest absolute Gasteiger partial charge is 0.417 e. The van der Waals surface area contributed by atoms with Gasteiger partial charge in [-0.15, -0.1) is 0 Å². The van der Waals surface area contributed by atoms with E-state index in [-0.39, 0.29) is 11.1 Å². The van der Waals surface area contributed by atoms with Crippen molar-refractivity contribution in [1.29, 1.82) is 0 Å². The van der Waals surface area contributed by atoms with Gasteiger partial charge in [-0.2, -0.15) is 13.2 Å². The van der Waals surface area contributed by atoms with Gasteiger partial charge in [-0.25, -0.2) is 4.39 Å². The lowest BCUT2D eigenvalue weighted by Gasteiger charge is -2.13. The molecular formula is C14H8ClF4NO. The molecule has 0 saturated carbocycles. The van der Waals surface area contributed by atoms with E-state index in [4.69, 9.17) is 17.3 Å². The standard InChI is InChI=1S/C14H8ClF4NO/c15-10-5-4-7(6-9(10)14(17,18)19)8-2-1-3-11(16)12(8)13(20)21/h1-6H,(H2,20,21). The number of alkyl halides is 3. The summed E-state index contributed by atoms with van der Waals surface area (Å²) < 4.78 is 52.1. The first-order valence-electron chi connectivity index (χ1n) is 5.67. The maximum atomic E-state index is 13.7. The van der Waals surface area contributed by atoms with E-state index >= 15 is 0 Å². The SMILES string of the molecule is NC(=O)c1c(F)cccc1-c1ccc(Cl)c(C(F)(F)F)c1. The van der Waals surface area contributed by atoms with Crippen molar-refractivity contribution in [3.63, 3.8) is 0 Å². The molecule has 110 valence electrons. The molecule has 0 heterocycles. The van der Waals surface area contributed by atoms with E-state index in [1.54, 1.807) is 0 Å². The van der Waals surface area contributed by atoms with Gasteiger partial charge in [-0.05, 0) is 29.3 Å². The van der Waals surface area contributed by atoms with Crippen molar-refractivity contribution in [2.24, 2.45) is 5.73 Å². The van der Waals surface area contributed by atoms with Gasteiger partial charge in [0.05, 0.1) is 16.1 Å². The Bertz CT molecular complexity index is 713. The Balaban J connectivity index is 2.69. The van der Waals surface area contributed by atoms with Gasteiger partial charge in [0.1, 0.15) is 5.82 Å².